The van der Waals surface area contributed by atoms with Crippen molar-refractivity contribution in [2.75, 3.05) is 13.7 Å². The molecule has 2 atom stereocenters. The van der Waals surface area contributed by atoms with E-state index in [0.717, 1.165) is 29.4 Å². The Kier molecular flexibility index (Phi) is 5.79. The summed E-state index contributed by atoms with van der Waals surface area (Å²) in [4.78, 5) is 0. The lowest BCUT2D eigenvalue weighted by molar-refractivity contribution is 0.253. The second kappa shape index (κ2) is 6.87. The van der Waals surface area contributed by atoms with Crippen molar-refractivity contribution < 1.29 is 4.74 Å². The van der Waals surface area contributed by atoms with E-state index in [1.807, 2.05) is 25.2 Å². The third kappa shape index (κ3) is 4.21. The Balaban J connectivity index is 2.83. The van der Waals surface area contributed by atoms with Crippen molar-refractivity contribution in [3.63, 3.8) is 0 Å². The first kappa shape index (κ1) is 14.3. The predicted octanol–water partition coefficient (Wildman–Crippen LogP) is 4.05. The normalized spacial score (nSPS) is 14.4. The zero-order valence-electron chi connectivity index (χ0n) is 11.1. The van der Waals surface area contributed by atoms with Gasteiger partial charge < -0.3 is 10.1 Å². The van der Waals surface area contributed by atoms with Crippen molar-refractivity contribution in [2.24, 2.45) is 5.92 Å². The minimum atomic E-state index is 0.237. The van der Waals surface area contributed by atoms with E-state index in [4.69, 9.17) is 16.3 Å². The molecule has 1 aromatic rings. The van der Waals surface area contributed by atoms with Gasteiger partial charge in [0.05, 0.1) is 6.61 Å². The molecular formula is C14H22ClNO. The lowest BCUT2D eigenvalue weighted by Crippen LogP contribution is -2.15. The van der Waals surface area contributed by atoms with Crippen LogP contribution >= 0.6 is 11.6 Å². The van der Waals surface area contributed by atoms with Gasteiger partial charge in [0, 0.05) is 16.6 Å². The molecule has 3 heteroatoms. The summed E-state index contributed by atoms with van der Waals surface area (Å²) in [5, 5.41) is 3.96. The van der Waals surface area contributed by atoms with Gasteiger partial charge in [0.25, 0.3) is 0 Å². The predicted molar refractivity (Wildman–Crippen MR) is 73.9 cm³/mol. The van der Waals surface area contributed by atoms with Crippen LogP contribution in [0.15, 0.2) is 18.2 Å². The highest BCUT2D eigenvalue weighted by Crippen LogP contribution is 2.28. The third-order valence-electron chi connectivity index (χ3n) is 3.09. The minimum Gasteiger partial charge on any atom is -0.493 e. The maximum absolute atomic E-state index is 6.02. The van der Waals surface area contributed by atoms with Gasteiger partial charge in [-0.1, -0.05) is 31.9 Å². The van der Waals surface area contributed by atoms with Crippen LogP contribution in [0, 0.1) is 5.92 Å². The van der Waals surface area contributed by atoms with Crippen LogP contribution in [0.25, 0.3) is 0 Å². The summed E-state index contributed by atoms with van der Waals surface area (Å²) in [5.41, 5.74) is 1.11. The molecule has 2 nitrogen and oxygen atoms in total. The van der Waals surface area contributed by atoms with E-state index in [0.29, 0.717) is 5.92 Å². The van der Waals surface area contributed by atoms with Crippen molar-refractivity contribution in [3.8, 4) is 5.75 Å². The minimum absolute atomic E-state index is 0.237. The number of benzene rings is 1. The molecule has 0 bridgehead atoms. The lowest BCUT2D eigenvalue weighted by Gasteiger charge is -2.18. The highest BCUT2D eigenvalue weighted by Gasteiger charge is 2.11. The van der Waals surface area contributed by atoms with E-state index < -0.39 is 0 Å². The second-order valence-corrected chi connectivity index (χ2v) is 4.95. The van der Waals surface area contributed by atoms with Crippen molar-refractivity contribution in [3.05, 3.63) is 28.8 Å². The molecule has 0 aromatic heterocycles. The van der Waals surface area contributed by atoms with Gasteiger partial charge in [0.1, 0.15) is 5.75 Å². The number of hydrogen-bond acceptors (Lipinski definition) is 2. The van der Waals surface area contributed by atoms with Crippen molar-refractivity contribution in [1.29, 1.82) is 0 Å². The largest absolute Gasteiger partial charge is 0.493 e. The SMILES string of the molecule is CCC(C)COc1ccc(Cl)cc1C(C)NC. The molecule has 0 heterocycles. The first-order valence-electron chi connectivity index (χ1n) is 6.18. The molecule has 0 fully saturated rings. The van der Waals surface area contributed by atoms with Gasteiger partial charge in [-0.05, 0) is 38.1 Å². The van der Waals surface area contributed by atoms with Crippen molar-refractivity contribution in [1.82, 2.24) is 5.32 Å². The average Bonchev–Trinajstić information content (AvgIpc) is 2.35. The number of hydrogen-bond donors (Lipinski definition) is 1. The molecule has 0 aliphatic carbocycles. The zero-order chi connectivity index (χ0) is 12.8. The highest BCUT2D eigenvalue weighted by molar-refractivity contribution is 6.30. The fourth-order valence-electron chi connectivity index (χ4n) is 1.49. The van der Waals surface area contributed by atoms with Gasteiger partial charge in [0.15, 0.2) is 0 Å². The molecule has 17 heavy (non-hydrogen) atoms. The molecule has 0 amide bonds. The van der Waals surface area contributed by atoms with E-state index in [2.05, 4.69) is 26.1 Å². The molecule has 1 N–H and O–H groups in total. The Morgan fingerprint density at radius 1 is 1.35 bits per heavy atom. The van der Waals surface area contributed by atoms with Gasteiger partial charge in [-0.25, -0.2) is 0 Å². The molecule has 0 spiro atoms. The molecule has 0 radical (unpaired) electrons. The maximum atomic E-state index is 6.02. The molecule has 1 rings (SSSR count). The molecule has 96 valence electrons. The first-order valence-corrected chi connectivity index (χ1v) is 6.55. The summed E-state index contributed by atoms with van der Waals surface area (Å²) < 4.78 is 5.87. The second-order valence-electron chi connectivity index (χ2n) is 4.52. The summed E-state index contributed by atoms with van der Waals surface area (Å²) >= 11 is 6.02. The van der Waals surface area contributed by atoms with Crippen LogP contribution in [0.5, 0.6) is 5.75 Å². The standard InChI is InChI=1S/C14H22ClNO/c1-5-10(2)9-17-14-7-6-12(15)8-13(14)11(3)16-4/h6-8,10-11,16H,5,9H2,1-4H3. The summed E-state index contributed by atoms with van der Waals surface area (Å²) in [5.74, 6) is 1.50. The Morgan fingerprint density at radius 2 is 2.06 bits per heavy atom. The number of ether oxygens (including phenoxy) is 1. The average molecular weight is 256 g/mol. The Morgan fingerprint density at radius 3 is 2.65 bits per heavy atom. The van der Waals surface area contributed by atoms with Gasteiger partial charge in [-0.3, -0.25) is 0 Å². The van der Waals surface area contributed by atoms with Crippen molar-refractivity contribution in [2.45, 2.75) is 33.2 Å². The molecule has 2 unspecified atom stereocenters. The lowest BCUT2D eigenvalue weighted by atomic mass is 10.1. The Hall–Kier alpha value is -0.730. The Bertz CT molecular complexity index is 354. The van der Waals surface area contributed by atoms with Gasteiger partial charge in [0.2, 0.25) is 0 Å². The fourth-order valence-corrected chi connectivity index (χ4v) is 1.68. The topological polar surface area (TPSA) is 21.3 Å². The van der Waals surface area contributed by atoms with E-state index >= 15 is 0 Å². The van der Waals surface area contributed by atoms with E-state index in [1.165, 1.54) is 0 Å². The van der Waals surface area contributed by atoms with Gasteiger partial charge in [-0.15, -0.1) is 0 Å². The highest BCUT2D eigenvalue weighted by atomic mass is 35.5. The van der Waals surface area contributed by atoms with Crippen LogP contribution in [-0.4, -0.2) is 13.7 Å². The number of halogens is 1. The maximum Gasteiger partial charge on any atom is 0.124 e. The van der Waals surface area contributed by atoms with Gasteiger partial charge in [-0.2, -0.15) is 0 Å². The molecule has 0 saturated heterocycles. The number of rotatable bonds is 6. The molecular weight excluding hydrogens is 234 g/mol. The van der Waals surface area contributed by atoms with Crippen LogP contribution in [-0.2, 0) is 0 Å². The van der Waals surface area contributed by atoms with Crippen LogP contribution in [0.3, 0.4) is 0 Å². The van der Waals surface area contributed by atoms with Gasteiger partial charge >= 0.3 is 0 Å². The zero-order valence-corrected chi connectivity index (χ0v) is 11.8. The summed E-state index contributed by atoms with van der Waals surface area (Å²) in [6, 6.07) is 6.03. The van der Waals surface area contributed by atoms with Crippen molar-refractivity contribution >= 4 is 11.6 Å². The van der Waals surface area contributed by atoms with Crippen LogP contribution in [0.2, 0.25) is 5.02 Å². The monoisotopic (exact) mass is 255 g/mol. The summed E-state index contributed by atoms with van der Waals surface area (Å²) in [6.45, 7) is 7.22. The van der Waals surface area contributed by atoms with Crippen LogP contribution < -0.4 is 10.1 Å². The first-order chi connectivity index (χ1) is 8.08. The molecule has 0 aliphatic rings. The smallest absolute Gasteiger partial charge is 0.124 e. The molecule has 0 aliphatic heterocycles. The van der Waals surface area contributed by atoms with Crippen LogP contribution in [0.1, 0.15) is 38.8 Å². The summed E-state index contributed by atoms with van der Waals surface area (Å²) in [7, 11) is 1.93. The quantitative estimate of drug-likeness (QED) is 0.828. The Labute approximate surface area is 109 Å². The van der Waals surface area contributed by atoms with E-state index in [-0.39, 0.29) is 6.04 Å². The molecule has 0 saturated carbocycles. The van der Waals surface area contributed by atoms with Crippen LogP contribution in [0.4, 0.5) is 0 Å². The summed E-state index contributed by atoms with van der Waals surface area (Å²) in [6.07, 6.45) is 1.13. The fraction of sp³-hybridized carbons (Fsp3) is 0.571. The van der Waals surface area contributed by atoms with E-state index in [9.17, 15) is 0 Å². The molecule has 1 aromatic carbocycles. The third-order valence-corrected chi connectivity index (χ3v) is 3.33. The van der Waals surface area contributed by atoms with E-state index in [1.54, 1.807) is 0 Å². The number of nitrogens with one attached hydrogen (secondary N) is 1.